The monoisotopic (exact) mass is 760 g/mol. The lowest BCUT2D eigenvalue weighted by atomic mass is 9.87. The summed E-state index contributed by atoms with van der Waals surface area (Å²) >= 11 is 0. The zero-order valence-corrected chi connectivity index (χ0v) is 32.3. The maximum absolute atomic E-state index is 9.33. The molecule has 0 radical (unpaired) electrons. The summed E-state index contributed by atoms with van der Waals surface area (Å²) in [5.74, 6) is 1.80. The Kier molecular flexibility index (Phi) is 7.57. The number of nitrogens with zero attached hydrogens (tertiary/aromatic N) is 4. The molecular formula is C56H32N4. The molecule has 0 amide bonds. The van der Waals surface area contributed by atoms with Crippen molar-refractivity contribution in [2.24, 2.45) is 0 Å². The second-order valence-corrected chi connectivity index (χ2v) is 15.4. The van der Waals surface area contributed by atoms with Gasteiger partial charge in [0.05, 0.1) is 11.6 Å². The number of benzene rings is 10. The lowest BCUT2D eigenvalue weighted by Gasteiger charge is -2.17. The number of nitriles is 1. The van der Waals surface area contributed by atoms with Crippen molar-refractivity contribution in [3.63, 3.8) is 0 Å². The first kappa shape index (κ1) is 33.8. The summed E-state index contributed by atoms with van der Waals surface area (Å²) in [7, 11) is 0. The smallest absolute Gasteiger partial charge is 0.164 e. The van der Waals surface area contributed by atoms with Gasteiger partial charge in [0.15, 0.2) is 17.5 Å². The van der Waals surface area contributed by atoms with Gasteiger partial charge >= 0.3 is 0 Å². The van der Waals surface area contributed by atoms with E-state index in [0.29, 0.717) is 23.0 Å². The topological polar surface area (TPSA) is 62.5 Å². The third-order valence-corrected chi connectivity index (χ3v) is 12.1. The molecule has 12 aromatic rings. The van der Waals surface area contributed by atoms with Crippen molar-refractivity contribution in [1.29, 1.82) is 5.26 Å². The Hall–Kier alpha value is -8.26. The molecule has 0 unspecified atom stereocenters. The van der Waals surface area contributed by atoms with E-state index in [1.54, 1.807) is 0 Å². The van der Waals surface area contributed by atoms with E-state index >= 15 is 0 Å². The molecule has 0 saturated heterocycles. The summed E-state index contributed by atoms with van der Waals surface area (Å²) in [5.41, 5.74) is 7.60. The van der Waals surface area contributed by atoms with E-state index in [1.165, 1.54) is 53.9 Å². The third kappa shape index (κ3) is 5.34. The van der Waals surface area contributed by atoms with Crippen LogP contribution in [0.1, 0.15) is 5.56 Å². The predicted molar refractivity (Wildman–Crippen MR) is 248 cm³/mol. The summed E-state index contributed by atoms with van der Waals surface area (Å²) in [6.07, 6.45) is 0. The van der Waals surface area contributed by atoms with Crippen LogP contribution in [0.5, 0.6) is 0 Å². The van der Waals surface area contributed by atoms with Gasteiger partial charge in [-0.2, -0.15) is 5.26 Å². The van der Waals surface area contributed by atoms with Gasteiger partial charge in [0.2, 0.25) is 0 Å². The summed E-state index contributed by atoms with van der Waals surface area (Å²) in [4.78, 5) is 15.9. The van der Waals surface area contributed by atoms with E-state index in [9.17, 15) is 5.26 Å². The van der Waals surface area contributed by atoms with Crippen molar-refractivity contribution in [2.75, 3.05) is 0 Å². The fraction of sp³-hybridized carbons (Fsp3) is 0. The molecule has 11 aromatic carbocycles. The van der Waals surface area contributed by atoms with E-state index in [4.69, 9.17) is 15.0 Å². The molecule has 0 fully saturated rings. The molecule has 0 aliphatic carbocycles. The van der Waals surface area contributed by atoms with Crippen LogP contribution in [-0.2, 0) is 0 Å². The molecular weight excluding hydrogens is 729 g/mol. The van der Waals surface area contributed by atoms with E-state index in [2.05, 4.69) is 164 Å². The minimum atomic E-state index is 0.591. The number of aromatic nitrogens is 3. The molecule has 1 aromatic heterocycles. The lowest BCUT2D eigenvalue weighted by molar-refractivity contribution is 1.08. The zero-order chi connectivity index (χ0) is 39.7. The van der Waals surface area contributed by atoms with Crippen molar-refractivity contribution in [3.05, 3.63) is 200 Å². The number of fused-ring (bicyclic) bond motifs is 2. The van der Waals surface area contributed by atoms with Gasteiger partial charge in [0.1, 0.15) is 0 Å². The fourth-order valence-electron chi connectivity index (χ4n) is 9.26. The van der Waals surface area contributed by atoms with E-state index < -0.39 is 0 Å². The second-order valence-electron chi connectivity index (χ2n) is 15.4. The SMILES string of the molecule is N#Cc1ccc(-c2ccc(-c3nc(-c4cc5ccc6cccc7c8cccc9ccc%10cccc(c(c4)c5c67)c%10c98)nc(-c4ccccc4-c4ccccc4)n3)cc2)cc1. The fourth-order valence-corrected chi connectivity index (χ4v) is 9.26. The Bertz CT molecular complexity index is 3690. The number of hydrogen-bond acceptors (Lipinski definition) is 4. The Morgan fingerprint density at radius 3 is 1.37 bits per heavy atom. The van der Waals surface area contributed by atoms with Gasteiger partial charge in [-0.25, -0.2) is 15.0 Å². The zero-order valence-electron chi connectivity index (χ0n) is 32.3. The molecule has 0 aliphatic rings. The van der Waals surface area contributed by atoms with Crippen LogP contribution in [-0.4, -0.2) is 15.0 Å². The molecule has 1 heterocycles. The molecule has 0 atom stereocenters. The Morgan fingerprint density at radius 2 is 0.767 bits per heavy atom. The summed E-state index contributed by atoms with van der Waals surface area (Å²) in [6.45, 7) is 0. The van der Waals surface area contributed by atoms with Gasteiger partial charge in [-0.1, -0.05) is 170 Å². The van der Waals surface area contributed by atoms with Gasteiger partial charge in [-0.15, -0.1) is 0 Å². The molecule has 4 nitrogen and oxygen atoms in total. The summed E-state index contributed by atoms with van der Waals surface area (Å²) in [5, 5.41) is 24.0. The Balaban J connectivity index is 1.15. The van der Waals surface area contributed by atoms with Gasteiger partial charge in [-0.05, 0) is 111 Å². The van der Waals surface area contributed by atoms with Gasteiger partial charge in [-0.3, -0.25) is 0 Å². The van der Waals surface area contributed by atoms with Crippen LogP contribution < -0.4 is 0 Å². The highest BCUT2D eigenvalue weighted by molar-refractivity contribution is 6.37. The molecule has 12 rings (SSSR count). The molecule has 0 saturated carbocycles. The quantitative estimate of drug-likeness (QED) is 0.164. The van der Waals surface area contributed by atoms with Crippen LogP contribution in [0.15, 0.2) is 194 Å². The first-order valence-electron chi connectivity index (χ1n) is 20.2. The van der Waals surface area contributed by atoms with E-state index in [-0.39, 0.29) is 0 Å². The van der Waals surface area contributed by atoms with Crippen LogP contribution in [0.25, 0.3) is 121 Å². The molecule has 4 heteroatoms. The van der Waals surface area contributed by atoms with E-state index in [0.717, 1.165) is 49.7 Å². The van der Waals surface area contributed by atoms with Crippen molar-refractivity contribution in [1.82, 2.24) is 15.0 Å². The van der Waals surface area contributed by atoms with Gasteiger partial charge in [0, 0.05) is 16.7 Å². The number of rotatable bonds is 5. The highest BCUT2D eigenvalue weighted by Crippen LogP contribution is 2.44. The predicted octanol–water partition coefficient (Wildman–Crippen LogP) is 14.4. The van der Waals surface area contributed by atoms with Crippen molar-refractivity contribution < 1.29 is 0 Å². The summed E-state index contributed by atoms with van der Waals surface area (Å²) < 4.78 is 0. The van der Waals surface area contributed by atoms with Crippen LogP contribution in [0.3, 0.4) is 0 Å². The van der Waals surface area contributed by atoms with Crippen LogP contribution in [0, 0.1) is 11.3 Å². The number of hydrogen-bond donors (Lipinski definition) is 0. The minimum Gasteiger partial charge on any atom is -0.208 e. The summed E-state index contributed by atoms with van der Waals surface area (Å²) in [6, 6.07) is 70.6. The van der Waals surface area contributed by atoms with Gasteiger partial charge in [0.25, 0.3) is 0 Å². The highest BCUT2D eigenvalue weighted by Gasteiger charge is 2.20. The first-order chi connectivity index (χ1) is 29.7. The third-order valence-electron chi connectivity index (χ3n) is 12.1. The largest absolute Gasteiger partial charge is 0.208 e. The maximum atomic E-state index is 9.33. The standard InChI is InChI=1S/C56H32N4/c57-33-34-19-21-35(22-20-34)36-23-28-41(29-24-36)54-58-55(60-56(59-54)48-15-5-4-14-44(48)37-9-2-1-3-10-37)43-31-42-30-27-40-12-7-17-46-45-16-6-11-38-25-26-39-13-8-18-47(52(39)50(38)45)49(32-43)53(42)51(40)46/h1-32H. The lowest BCUT2D eigenvalue weighted by Crippen LogP contribution is -2.01. The van der Waals surface area contributed by atoms with Crippen LogP contribution >= 0.6 is 0 Å². The van der Waals surface area contributed by atoms with Crippen molar-refractivity contribution >= 4 is 64.6 Å². The van der Waals surface area contributed by atoms with Crippen LogP contribution in [0.2, 0.25) is 0 Å². The second kappa shape index (κ2) is 13.4. The molecule has 0 spiro atoms. The average molecular weight is 761 g/mol. The molecule has 276 valence electrons. The normalized spacial score (nSPS) is 11.7. The molecule has 0 aliphatic heterocycles. The molecule has 60 heavy (non-hydrogen) atoms. The molecule has 0 N–H and O–H groups in total. The Morgan fingerprint density at radius 1 is 0.300 bits per heavy atom. The Labute approximate surface area is 345 Å². The highest BCUT2D eigenvalue weighted by atomic mass is 15.0. The van der Waals surface area contributed by atoms with Crippen LogP contribution in [0.4, 0.5) is 0 Å². The minimum absolute atomic E-state index is 0.591. The average Bonchev–Trinajstić information content (AvgIpc) is 3.32. The van der Waals surface area contributed by atoms with Crippen molar-refractivity contribution in [2.45, 2.75) is 0 Å². The molecule has 0 bridgehead atoms. The van der Waals surface area contributed by atoms with Gasteiger partial charge < -0.3 is 0 Å². The maximum Gasteiger partial charge on any atom is 0.164 e. The van der Waals surface area contributed by atoms with E-state index in [1.807, 2.05) is 36.4 Å². The van der Waals surface area contributed by atoms with Crippen molar-refractivity contribution in [3.8, 4) is 62.5 Å². The first-order valence-corrected chi connectivity index (χ1v) is 20.2.